The fourth-order valence-corrected chi connectivity index (χ4v) is 9.69. The molecule has 0 saturated heterocycles. The average Bonchev–Trinajstić information content (AvgIpc) is 3.45. The van der Waals surface area contributed by atoms with Crippen molar-refractivity contribution in [1.29, 1.82) is 0 Å². The number of ether oxygens (including phenoxy) is 2. The molecule has 0 radical (unpaired) electrons. The molecule has 0 aromatic heterocycles. The number of phenols is 2. The molecule has 0 aliphatic carbocycles. The van der Waals surface area contributed by atoms with Crippen molar-refractivity contribution in [3.63, 3.8) is 0 Å². The van der Waals surface area contributed by atoms with E-state index in [1.54, 1.807) is 24.3 Å². The molecule has 12 heteroatoms. The number of carbonyl (C=O) groups excluding carboxylic acids is 2. The monoisotopic (exact) mass is 1070 g/mol. The molecule has 78 heavy (non-hydrogen) atoms. The molecule has 0 heterocycles. The van der Waals surface area contributed by atoms with Gasteiger partial charge in [0.1, 0.15) is 34.4 Å². The maximum absolute atomic E-state index is 12.4. The van der Waals surface area contributed by atoms with E-state index >= 15 is 0 Å². The van der Waals surface area contributed by atoms with Crippen LogP contribution in [0.4, 0.5) is 32.3 Å². The third-order valence-corrected chi connectivity index (χ3v) is 14.5. The number of nitrogens with one attached hydrogen (secondary N) is 2. The van der Waals surface area contributed by atoms with Gasteiger partial charge in [0.25, 0.3) is 0 Å². The van der Waals surface area contributed by atoms with Crippen molar-refractivity contribution in [3.8, 4) is 34.1 Å². The first-order chi connectivity index (χ1) is 38.3. The Bertz CT molecular complexity index is 2080. The highest BCUT2D eigenvalue weighted by Crippen LogP contribution is 2.34. The molecule has 2 amide bonds. The first-order valence-electron chi connectivity index (χ1n) is 31.0. The van der Waals surface area contributed by atoms with Crippen LogP contribution >= 0.6 is 0 Å². The first kappa shape index (κ1) is 64.7. The number of hydrogen-bond acceptors (Lipinski definition) is 10. The summed E-state index contributed by atoms with van der Waals surface area (Å²) in [6.45, 7) is 5.65. The van der Waals surface area contributed by atoms with Crippen LogP contribution in [-0.4, -0.2) is 35.5 Å². The van der Waals surface area contributed by atoms with Gasteiger partial charge < -0.3 is 30.3 Å². The average molecular weight is 1070 g/mol. The largest absolute Gasteiger partial charge is 0.505 e. The van der Waals surface area contributed by atoms with Crippen molar-refractivity contribution in [2.24, 2.45) is 20.5 Å². The highest BCUT2D eigenvalue weighted by Gasteiger charge is 2.10. The smallest absolute Gasteiger partial charge is 0.412 e. The van der Waals surface area contributed by atoms with Gasteiger partial charge in [0.05, 0.1) is 11.4 Å². The van der Waals surface area contributed by atoms with Gasteiger partial charge in [0.15, 0.2) is 0 Å². The van der Waals surface area contributed by atoms with Crippen LogP contribution in [0.15, 0.2) is 105 Å². The molecule has 0 saturated carbocycles. The Labute approximate surface area is 470 Å². The number of amides is 2. The third-order valence-electron chi connectivity index (χ3n) is 14.5. The number of carbonyl (C=O) groups is 2. The van der Waals surface area contributed by atoms with Crippen LogP contribution in [0.1, 0.15) is 245 Å². The molecule has 4 aromatic rings. The summed E-state index contributed by atoms with van der Waals surface area (Å²) in [7, 11) is 0. The molecule has 0 spiro atoms. The molecule has 0 unspecified atom stereocenters. The van der Waals surface area contributed by atoms with Crippen LogP contribution in [0.2, 0.25) is 0 Å². The van der Waals surface area contributed by atoms with Crippen molar-refractivity contribution in [3.05, 3.63) is 84.9 Å². The fourth-order valence-electron chi connectivity index (χ4n) is 9.69. The molecule has 4 rings (SSSR count). The van der Waals surface area contributed by atoms with Gasteiger partial charge in [-0.2, -0.15) is 10.2 Å². The van der Waals surface area contributed by atoms with Crippen LogP contribution in [-0.2, 0) is 0 Å². The fraction of sp³-hybridized carbons (Fsp3) is 0.606. The molecule has 0 aliphatic rings. The number of unbranched alkanes of at least 4 members (excludes halogenated alkanes) is 34. The van der Waals surface area contributed by atoms with Gasteiger partial charge in [-0.3, -0.25) is 0 Å². The molecular formula is C66H100N6O6. The van der Waals surface area contributed by atoms with Gasteiger partial charge >= 0.3 is 12.2 Å². The van der Waals surface area contributed by atoms with Crippen LogP contribution < -0.4 is 20.1 Å². The second kappa shape index (κ2) is 43.1. The minimum Gasteiger partial charge on any atom is -0.505 e. The summed E-state index contributed by atoms with van der Waals surface area (Å²) in [4.78, 5) is 24.8. The Morgan fingerprint density at radius 3 is 0.859 bits per heavy atom. The van der Waals surface area contributed by atoms with E-state index in [-0.39, 0.29) is 34.4 Å². The van der Waals surface area contributed by atoms with E-state index in [2.05, 4.69) is 44.9 Å². The second-order valence-electron chi connectivity index (χ2n) is 21.4. The lowest BCUT2D eigenvalue weighted by Crippen LogP contribution is -2.27. The van der Waals surface area contributed by atoms with E-state index in [0.717, 1.165) is 36.8 Å². The summed E-state index contributed by atoms with van der Waals surface area (Å²) in [5.74, 6) is 0.143. The van der Waals surface area contributed by atoms with Gasteiger partial charge in [-0.1, -0.05) is 256 Å². The van der Waals surface area contributed by atoms with Gasteiger partial charge in [-0.25, -0.2) is 9.59 Å². The summed E-state index contributed by atoms with van der Waals surface area (Å²) in [6.07, 6.45) is 46.4. The summed E-state index contributed by atoms with van der Waals surface area (Å²) in [5.41, 5.74) is 3.58. The molecule has 0 bridgehead atoms. The minimum absolute atomic E-state index is 0.150. The quantitative estimate of drug-likeness (QED) is 0.0254. The van der Waals surface area contributed by atoms with Crippen molar-refractivity contribution >= 4 is 34.9 Å². The zero-order chi connectivity index (χ0) is 55.4. The molecule has 0 fully saturated rings. The molecule has 4 N–H and O–H groups in total. The zero-order valence-electron chi connectivity index (χ0n) is 48.3. The van der Waals surface area contributed by atoms with Gasteiger partial charge in [-0.05, 0) is 72.5 Å². The molecule has 430 valence electrons. The van der Waals surface area contributed by atoms with Gasteiger partial charge in [0.2, 0.25) is 0 Å². The molecule has 4 aromatic carbocycles. The number of aromatic hydroxyl groups is 2. The Morgan fingerprint density at radius 1 is 0.346 bits per heavy atom. The van der Waals surface area contributed by atoms with E-state index < -0.39 is 12.2 Å². The van der Waals surface area contributed by atoms with Crippen molar-refractivity contribution < 1.29 is 29.3 Å². The standard InChI is InChI=1S/C66H100N6O6/c1-3-5-7-9-11-13-15-17-19-21-23-25-27-29-31-33-35-37-51-67-65(75)77-59-47-49-61(63(73)53-59)71-69-57-43-39-55(40-44-57)56-41-45-58(46-42-56)70-72-62-50-48-60(54-64(62)74)78-66(76)68-52-38-36-34-32-30-28-26-24-22-20-18-16-14-12-10-8-6-4-2/h39-50,53-54,73-74H,3-38,51-52H2,1-2H3,(H,67,75)(H,68,76)/b71-69+,72-70+. The van der Waals surface area contributed by atoms with Crippen LogP contribution in [0.3, 0.4) is 0 Å². The Hall–Kier alpha value is -5.78. The van der Waals surface area contributed by atoms with E-state index in [1.165, 1.54) is 218 Å². The van der Waals surface area contributed by atoms with Crippen LogP contribution in [0, 0.1) is 0 Å². The summed E-state index contributed by atoms with van der Waals surface area (Å²) in [6, 6.07) is 24.0. The number of nitrogens with zero attached hydrogens (tertiary/aromatic N) is 4. The van der Waals surface area contributed by atoms with Crippen LogP contribution in [0.5, 0.6) is 23.0 Å². The summed E-state index contributed by atoms with van der Waals surface area (Å²) in [5, 5.41) is 43.7. The first-order valence-corrected chi connectivity index (χ1v) is 31.0. The van der Waals surface area contributed by atoms with E-state index in [9.17, 15) is 19.8 Å². The summed E-state index contributed by atoms with van der Waals surface area (Å²) >= 11 is 0. The van der Waals surface area contributed by atoms with Crippen LogP contribution in [0.25, 0.3) is 11.1 Å². The van der Waals surface area contributed by atoms with Gasteiger partial charge in [0, 0.05) is 25.2 Å². The topological polar surface area (TPSA) is 167 Å². The third kappa shape index (κ3) is 31.0. The molecular weight excluding hydrogens is 973 g/mol. The molecule has 12 nitrogen and oxygen atoms in total. The maximum atomic E-state index is 12.4. The highest BCUT2D eigenvalue weighted by molar-refractivity contribution is 5.72. The molecule has 0 aliphatic heterocycles. The number of hydrogen-bond donors (Lipinski definition) is 4. The number of benzene rings is 4. The van der Waals surface area contributed by atoms with Crippen molar-refractivity contribution in [2.75, 3.05) is 13.1 Å². The Balaban J connectivity index is 1.02. The predicted octanol–water partition coefficient (Wildman–Crippen LogP) is 21.9. The number of phenolic OH excluding ortho intramolecular Hbond substituents is 2. The summed E-state index contributed by atoms with van der Waals surface area (Å²) < 4.78 is 10.8. The lowest BCUT2D eigenvalue weighted by molar-refractivity contribution is 0.199. The van der Waals surface area contributed by atoms with E-state index in [4.69, 9.17) is 9.47 Å². The van der Waals surface area contributed by atoms with Gasteiger partial charge in [-0.15, -0.1) is 10.2 Å². The second-order valence-corrected chi connectivity index (χ2v) is 21.4. The zero-order valence-corrected chi connectivity index (χ0v) is 48.3. The highest BCUT2D eigenvalue weighted by atomic mass is 16.6. The van der Waals surface area contributed by atoms with Crippen molar-refractivity contribution in [1.82, 2.24) is 10.6 Å². The normalized spacial score (nSPS) is 11.5. The van der Waals surface area contributed by atoms with E-state index in [1.807, 2.05) is 48.5 Å². The van der Waals surface area contributed by atoms with Crippen molar-refractivity contribution in [2.45, 2.75) is 245 Å². The Morgan fingerprint density at radius 2 is 0.603 bits per heavy atom. The number of azo groups is 2. The SMILES string of the molecule is CCCCCCCCCCCCCCCCCCCCNC(=O)Oc1ccc(/N=N/c2ccc(-c3ccc(/N=N/c4ccc(OC(=O)NCCCCCCCCCCCCCCCCCCCC)cc4O)cc3)cc2)c(O)c1. The Kier molecular flexibility index (Phi) is 35.8. The lowest BCUT2D eigenvalue weighted by Gasteiger charge is -2.08. The van der Waals surface area contributed by atoms with E-state index in [0.29, 0.717) is 24.5 Å². The maximum Gasteiger partial charge on any atom is 0.412 e. The predicted molar refractivity (Wildman–Crippen MR) is 322 cm³/mol. The number of rotatable bonds is 45. The minimum atomic E-state index is -0.550. The lowest BCUT2D eigenvalue weighted by atomic mass is 10.0. The molecule has 0 atom stereocenters.